The molecule has 0 aromatic heterocycles. The number of carbonyl (C=O) groups is 1. The maximum absolute atomic E-state index is 13.6. The summed E-state index contributed by atoms with van der Waals surface area (Å²) in [5.41, 5.74) is -0.608. The molecule has 0 amide bonds. The van der Waals surface area contributed by atoms with Crippen LogP contribution < -0.4 is 0 Å². The number of ketones is 1. The van der Waals surface area contributed by atoms with Crippen molar-refractivity contribution < 1.29 is 22.0 Å². The van der Waals surface area contributed by atoms with Crippen LogP contribution in [-0.4, -0.2) is 55.3 Å². The van der Waals surface area contributed by atoms with Crippen LogP contribution in [0.25, 0.3) is 0 Å². The van der Waals surface area contributed by atoms with E-state index in [0.29, 0.717) is 18.1 Å². The number of halogens is 2. The van der Waals surface area contributed by atoms with Crippen LogP contribution in [0, 0.1) is 11.6 Å². The van der Waals surface area contributed by atoms with E-state index in [1.807, 2.05) is 0 Å². The standard InChI is InChI=1S/C13H15F2NO3S2/c1-21(18,19)12-8-20-6-5-16(12)7-11(17)13-9(14)3-2-4-10(13)15/h2-4,12H,5-8H2,1H3. The third kappa shape index (κ3) is 3.81. The number of sulfone groups is 1. The van der Waals surface area contributed by atoms with Crippen molar-refractivity contribution in [2.75, 3.05) is 30.9 Å². The molecule has 1 aliphatic heterocycles. The Labute approximate surface area is 126 Å². The molecule has 2 rings (SSSR count). The summed E-state index contributed by atoms with van der Waals surface area (Å²) in [4.78, 5) is 13.6. The molecule has 1 aromatic carbocycles. The highest BCUT2D eigenvalue weighted by Gasteiger charge is 2.33. The Balaban J connectivity index is 2.22. The molecule has 1 atom stereocenters. The zero-order valence-electron chi connectivity index (χ0n) is 11.4. The minimum Gasteiger partial charge on any atom is -0.292 e. The summed E-state index contributed by atoms with van der Waals surface area (Å²) in [5.74, 6) is -1.57. The van der Waals surface area contributed by atoms with Gasteiger partial charge in [0, 0.05) is 24.3 Å². The van der Waals surface area contributed by atoms with Gasteiger partial charge in [0.1, 0.15) is 17.0 Å². The summed E-state index contributed by atoms with van der Waals surface area (Å²) in [7, 11) is -3.36. The maximum atomic E-state index is 13.6. The fourth-order valence-corrected chi connectivity index (χ4v) is 5.16. The molecule has 1 unspecified atom stereocenters. The third-order valence-electron chi connectivity index (χ3n) is 3.27. The highest BCUT2D eigenvalue weighted by Crippen LogP contribution is 2.21. The summed E-state index contributed by atoms with van der Waals surface area (Å²) in [6.07, 6.45) is 1.10. The minimum atomic E-state index is -3.36. The van der Waals surface area contributed by atoms with Crippen molar-refractivity contribution in [3.63, 3.8) is 0 Å². The molecule has 0 N–H and O–H groups in total. The van der Waals surface area contributed by atoms with Crippen molar-refractivity contribution in [2.45, 2.75) is 5.37 Å². The monoisotopic (exact) mass is 335 g/mol. The van der Waals surface area contributed by atoms with E-state index >= 15 is 0 Å². The summed E-state index contributed by atoms with van der Waals surface area (Å²) < 4.78 is 50.6. The van der Waals surface area contributed by atoms with Crippen LogP contribution in [-0.2, 0) is 9.84 Å². The predicted octanol–water partition coefficient (Wildman–Crippen LogP) is 1.57. The lowest BCUT2D eigenvalue weighted by Gasteiger charge is -2.33. The van der Waals surface area contributed by atoms with E-state index in [1.165, 1.54) is 22.7 Å². The van der Waals surface area contributed by atoms with Crippen LogP contribution >= 0.6 is 11.8 Å². The maximum Gasteiger partial charge on any atom is 0.182 e. The highest BCUT2D eigenvalue weighted by molar-refractivity contribution is 8.00. The molecule has 1 aliphatic rings. The molecule has 1 heterocycles. The fourth-order valence-electron chi connectivity index (χ4n) is 2.22. The second-order valence-electron chi connectivity index (χ2n) is 4.85. The van der Waals surface area contributed by atoms with Gasteiger partial charge in [-0.3, -0.25) is 9.69 Å². The molecule has 0 saturated carbocycles. The SMILES string of the molecule is CS(=O)(=O)C1CSCCN1CC(=O)c1c(F)cccc1F. The van der Waals surface area contributed by atoms with Gasteiger partial charge in [-0.2, -0.15) is 11.8 Å². The zero-order chi connectivity index (χ0) is 15.6. The van der Waals surface area contributed by atoms with Gasteiger partial charge in [-0.25, -0.2) is 17.2 Å². The van der Waals surface area contributed by atoms with Crippen LogP contribution in [0.3, 0.4) is 0 Å². The van der Waals surface area contributed by atoms with E-state index in [9.17, 15) is 22.0 Å². The zero-order valence-corrected chi connectivity index (χ0v) is 13.0. The lowest BCUT2D eigenvalue weighted by atomic mass is 10.1. The van der Waals surface area contributed by atoms with E-state index < -0.39 is 38.2 Å². The first kappa shape index (κ1) is 16.4. The molecular weight excluding hydrogens is 320 g/mol. The van der Waals surface area contributed by atoms with E-state index in [4.69, 9.17) is 0 Å². The van der Waals surface area contributed by atoms with Crippen LogP contribution in [0.1, 0.15) is 10.4 Å². The quantitative estimate of drug-likeness (QED) is 0.782. The number of Topliss-reactive ketones (excluding diaryl/α,β-unsaturated/α-hetero) is 1. The van der Waals surface area contributed by atoms with E-state index in [2.05, 4.69) is 0 Å². The molecule has 0 bridgehead atoms. The largest absolute Gasteiger partial charge is 0.292 e. The van der Waals surface area contributed by atoms with Gasteiger partial charge in [0.25, 0.3) is 0 Å². The number of thioether (sulfide) groups is 1. The molecule has 1 fully saturated rings. The lowest BCUT2D eigenvalue weighted by Crippen LogP contribution is -2.49. The van der Waals surface area contributed by atoms with Gasteiger partial charge in [-0.05, 0) is 12.1 Å². The highest BCUT2D eigenvalue weighted by atomic mass is 32.2. The lowest BCUT2D eigenvalue weighted by molar-refractivity contribution is 0.0920. The van der Waals surface area contributed by atoms with Crippen molar-refractivity contribution in [2.24, 2.45) is 0 Å². The van der Waals surface area contributed by atoms with Gasteiger partial charge in [0.2, 0.25) is 0 Å². The molecule has 1 saturated heterocycles. The number of carbonyl (C=O) groups excluding carboxylic acids is 1. The van der Waals surface area contributed by atoms with Crippen molar-refractivity contribution in [3.8, 4) is 0 Å². The van der Waals surface area contributed by atoms with Gasteiger partial charge in [-0.1, -0.05) is 6.07 Å². The van der Waals surface area contributed by atoms with E-state index in [1.54, 1.807) is 0 Å². The number of rotatable bonds is 4. The topological polar surface area (TPSA) is 54.5 Å². The molecule has 4 nitrogen and oxygen atoms in total. The summed E-state index contributed by atoms with van der Waals surface area (Å²) in [6.45, 7) is 0.0837. The first-order valence-electron chi connectivity index (χ1n) is 6.28. The molecule has 0 radical (unpaired) electrons. The van der Waals surface area contributed by atoms with Crippen molar-refractivity contribution in [3.05, 3.63) is 35.4 Å². The number of hydrogen-bond acceptors (Lipinski definition) is 5. The first-order chi connectivity index (χ1) is 9.80. The van der Waals surface area contributed by atoms with Crippen molar-refractivity contribution in [1.82, 2.24) is 4.90 Å². The first-order valence-corrected chi connectivity index (χ1v) is 9.39. The number of benzene rings is 1. The molecule has 0 spiro atoms. The van der Waals surface area contributed by atoms with Crippen LogP contribution in [0.2, 0.25) is 0 Å². The van der Waals surface area contributed by atoms with Gasteiger partial charge in [0.05, 0.1) is 12.1 Å². The van der Waals surface area contributed by atoms with E-state index in [0.717, 1.165) is 18.4 Å². The Morgan fingerprint density at radius 3 is 2.57 bits per heavy atom. The minimum absolute atomic E-state index is 0.309. The summed E-state index contributed by atoms with van der Waals surface area (Å²) in [5, 5.41) is -0.796. The third-order valence-corrected chi connectivity index (χ3v) is 5.96. The predicted molar refractivity (Wildman–Crippen MR) is 78.2 cm³/mol. The number of hydrogen-bond donors (Lipinski definition) is 0. The van der Waals surface area contributed by atoms with Crippen LogP contribution in [0.15, 0.2) is 18.2 Å². The van der Waals surface area contributed by atoms with E-state index in [-0.39, 0.29) is 6.54 Å². The molecule has 1 aromatic rings. The summed E-state index contributed by atoms with van der Waals surface area (Å²) >= 11 is 1.48. The van der Waals surface area contributed by atoms with Gasteiger partial charge >= 0.3 is 0 Å². The Morgan fingerprint density at radius 1 is 1.38 bits per heavy atom. The second-order valence-corrected chi connectivity index (χ2v) is 8.20. The molecule has 8 heteroatoms. The van der Waals surface area contributed by atoms with Crippen molar-refractivity contribution >= 4 is 27.4 Å². The van der Waals surface area contributed by atoms with Crippen molar-refractivity contribution in [1.29, 1.82) is 0 Å². The molecule has 116 valence electrons. The molecular formula is C13H15F2NO3S2. The van der Waals surface area contributed by atoms with Gasteiger partial charge < -0.3 is 0 Å². The Kier molecular flexibility index (Phi) is 5.00. The van der Waals surface area contributed by atoms with Crippen LogP contribution in [0.5, 0.6) is 0 Å². The Bertz CT molecular complexity index is 629. The molecule has 21 heavy (non-hydrogen) atoms. The molecule has 0 aliphatic carbocycles. The summed E-state index contributed by atoms with van der Waals surface area (Å²) in [6, 6.07) is 3.20. The smallest absolute Gasteiger partial charge is 0.182 e. The number of nitrogens with zero attached hydrogens (tertiary/aromatic N) is 1. The Morgan fingerprint density at radius 2 is 2.00 bits per heavy atom. The Hall–Kier alpha value is -0.990. The average Bonchev–Trinajstić information content (AvgIpc) is 2.37. The normalized spacial score (nSPS) is 20.4. The van der Waals surface area contributed by atoms with Gasteiger partial charge in [0.15, 0.2) is 15.6 Å². The van der Waals surface area contributed by atoms with Gasteiger partial charge in [-0.15, -0.1) is 0 Å². The second kappa shape index (κ2) is 6.41. The average molecular weight is 335 g/mol. The van der Waals surface area contributed by atoms with Crippen LogP contribution in [0.4, 0.5) is 8.78 Å². The fraction of sp³-hybridized carbons (Fsp3) is 0.462.